The van der Waals surface area contributed by atoms with Crippen molar-refractivity contribution in [3.8, 4) is 0 Å². The highest BCUT2D eigenvalue weighted by Gasteiger charge is 2.46. The Bertz CT molecular complexity index is 1140. The lowest BCUT2D eigenvalue weighted by Gasteiger charge is -2.26. The predicted octanol–water partition coefficient (Wildman–Crippen LogP) is 2.08. The van der Waals surface area contributed by atoms with Crippen molar-refractivity contribution in [2.45, 2.75) is 43.0 Å². The lowest BCUT2D eigenvalue weighted by Crippen LogP contribution is -2.47. The van der Waals surface area contributed by atoms with E-state index in [9.17, 15) is 18.0 Å². The number of likely N-dealkylation sites (tertiary alicyclic amines) is 1. The molecular weight excluding hydrogens is 438 g/mol. The summed E-state index contributed by atoms with van der Waals surface area (Å²) in [6, 6.07) is 11.5. The molecule has 9 heteroatoms. The molecule has 3 N–H and O–H groups in total. The zero-order valence-corrected chi connectivity index (χ0v) is 18.5. The standard InChI is InChI=1S/C22H24ClN3O4S/c23-17-8-7-14(11-24)16(10-17)12-25-21(27)19-6-3-9-26(19)22(28)20-18-5-2-1-4-15(18)13-31(20,29)30/h1-2,4-5,7-8,10,19-20H,3,6,9,11-13,24H2,(H,25,27)/t19-,20?/m0/s1. The lowest BCUT2D eigenvalue weighted by molar-refractivity contribution is -0.138. The molecule has 4 rings (SSSR count). The zero-order chi connectivity index (χ0) is 22.2. The van der Waals surface area contributed by atoms with Crippen LogP contribution in [0, 0.1) is 0 Å². The molecule has 2 heterocycles. The normalized spacial score (nSPS) is 21.7. The number of rotatable bonds is 5. The number of halogens is 1. The molecule has 0 bridgehead atoms. The summed E-state index contributed by atoms with van der Waals surface area (Å²) in [5.74, 6) is -0.980. The van der Waals surface area contributed by atoms with Gasteiger partial charge < -0.3 is 16.0 Å². The quantitative estimate of drug-likeness (QED) is 0.708. The molecule has 2 aromatic rings. The average molecular weight is 462 g/mol. The Morgan fingerprint density at radius 3 is 2.71 bits per heavy atom. The first-order valence-corrected chi connectivity index (χ1v) is 12.3. The molecule has 1 unspecified atom stereocenters. The largest absolute Gasteiger partial charge is 0.350 e. The van der Waals surface area contributed by atoms with Gasteiger partial charge in [-0.15, -0.1) is 0 Å². The Kier molecular flexibility index (Phi) is 6.05. The number of nitrogens with one attached hydrogen (secondary N) is 1. The fourth-order valence-electron chi connectivity index (χ4n) is 4.41. The first-order valence-electron chi connectivity index (χ1n) is 10.2. The number of benzene rings is 2. The molecule has 2 aromatic carbocycles. The first kappa shape index (κ1) is 21.8. The van der Waals surface area contributed by atoms with Crippen molar-refractivity contribution in [2.24, 2.45) is 5.73 Å². The summed E-state index contributed by atoms with van der Waals surface area (Å²) in [5.41, 5.74) is 8.61. The molecular formula is C22H24ClN3O4S. The molecule has 2 amide bonds. The first-order chi connectivity index (χ1) is 14.8. The number of hydrogen-bond acceptors (Lipinski definition) is 5. The molecule has 0 aliphatic carbocycles. The van der Waals surface area contributed by atoms with Crippen molar-refractivity contribution >= 4 is 33.3 Å². The molecule has 2 atom stereocenters. The number of hydrogen-bond donors (Lipinski definition) is 2. The average Bonchev–Trinajstić information content (AvgIpc) is 3.33. The Morgan fingerprint density at radius 2 is 1.94 bits per heavy atom. The number of fused-ring (bicyclic) bond motifs is 1. The predicted molar refractivity (Wildman–Crippen MR) is 118 cm³/mol. The van der Waals surface area contributed by atoms with Crippen LogP contribution < -0.4 is 11.1 Å². The number of carbonyl (C=O) groups is 2. The summed E-state index contributed by atoms with van der Waals surface area (Å²) in [7, 11) is -3.65. The van der Waals surface area contributed by atoms with Gasteiger partial charge in [0.2, 0.25) is 11.8 Å². The van der Waals surface area contributed by atoms with Gasteiger partial charge in [-0.3, -0.25) is 9.59 Å². The number of carbonyl (C=O) groups excluding carboxylic acids is 2. The Labute approximate surface area is 186 Å². The lowest BCUT2D eigenvalue weighted by atomic mass is 10.0. The Balaban J connectivity index is 1.51. The van der Waals surface area contributed by atoms with Crippen LogP contribution in [0.15, 0.2) is 42.5 Å². The van der Waals surface area contributed by atoms with Gasteiger partial charge in [-0.1, -0.05) is 41.9 Å². The van der Waals surface area contributed by atoms with Crippen LogP contribution in [0.4, 0.5) is 0 Å². The number of sulfone groups is 1. The molecule has 31 heavy (non-hydrogen) atoms. The number of nitrogens with zero attached hydrogens (tertiary/aromatic N) is 1. The van der Waals surface area contributed by atoms with Gasteiger partial charge in [0.1, 0.15) is 6.04 Å². The van der Waals surface area contributed by atoms with Gasteiger partial charge in [0.15, 0.2) is 15.1 Å². The van der Waals surface area contributed by atoms with Gasteiger partial charge in [-0.05, 0) is 47.2 Å². The molecule has 0 saturated carbocycles. The highest BCUT2D eigenvalue weighted by Crippen LogP contribution is 2.38. The van der Waals surface area contributed by atoms with Gasteiger partial charge in [0.05, 0.1) is 5.75 Å². The maximum absolute atomic E-state index is 13.3. The van der Waals surface area contributed by atoms with E-state index in [0.29, 0.717) is 42.1 Å². The van der Waals surface area contributed by atoms with Crippen LogP contribution in [-0.4, -0.2) is 37.7 Å². The SMILES string of the molecule is NCc1ccc(Cl)cc1CNC(=O)[C@@H]1CCCN1C(=O)C1c2ccccc2CS1(=O)=O. The van der Waals surface area contributed by atoms with E-state index in [4.69, 9.17) is 17.3 Å². The topological polar surface area (TPSA) is 110 Å². The van der Waals surface area contributed by atoms with E-state index in [-0.39, 0.29) is 18.2 Å². The van der Waals surface area contributed by atoms with Crippen LogP contribution in [-0.2, 0) is 38.3 Å². The van der Waals surface area contributed by atoms with Crippen LogP contribution in [0.25, 0.3) is 0 Å². The Hall–Kier alpha value is -2.42. The smallest absolute Gasteiger partial charge is 0.246 e. The summed E-state index contributed by atoms with van der Waals surface area (Å²) < 4.78 is 25.5. The van der Waals surface area contributed by atoms with Crippen molar-refractivity contribution in [2.75, 3.05) is 6.54 Å². The van der Waals surface area contributed by atoms with Crippen molar-refractivity contribution in [1.29, 1.82) is 0 Å². The summed E-state index contributed by atoms with van der Waals surface area (Å²) in [5, 5.41) is 2.17. The Morgan fingerprint density at radius 1 is 1.16 bits per heavy atom. The minimum absolute atomic E-state index is 0.152. The summed E-state index contributed by atoms with van der Waals surface area (Å²) in [6.07, 6.45) is 1.13. The van der Waals surface area contributed by atoms with E-state index in [0.717, 1.165) is 11.1 Å². The molecule has 1 saturated heterocycles. The summed E-state index contributed by atoms with van der Waals surface area (Å²) >= 11 is 6.06. The maximum atomic E-state index is 13.3. The highest BCUT2D eigenvalue weighted by atomic mass is 35.5. The fraction of sp³-hybridized carbons (Fsp3) is 0.364. The van der Waals surface area contributed by atoms with Gasteiger partial charge in [0, 0.05) is 24.7 Å². The van der Waals surface area contributed by atoms with E-state index >= 15 is 0 Å². The minimum Gasteiger partial charge on any atom is -0.350 e. The molecule has 2 aliphatic rings. The zero-order valence-electron chi connectivity index (χ0n) is 16.9. The van der Waals surface area contributed by atoms with E-state index in [2.05, 4.69) is 5.32 Å². The third-order valence-electron chi connectivity index (χ3n) is 5.96. The van der Waals surface area contributed by atoms with Gasteiger partial charge >= 0.3 is 0 Å². The van der Waals surface area contributed by atoms with Crippen LogP contribution in [0.1, 0.15) is 40.3 Å². The number of nitrogens with two attached hydrogens (primary N) is 1. The highest BCUT2D eigenvalue weighted by molar-refractivity contribution is 7.92. The van der Waals surface area contributed by atoms with Crippen LogP contribution >= 0.6 is 11.6 Å². The molecule has 1 fully saturated rings. The van der Waals surface area contributed by atoms with Crippen molar-refractivity contribution in [3.63, 3.8) is 0 Å². The van der Waals surface area contributed by atoms with Crippen LogP contribution in [0.2, 0.25) is 5.02 Å². The molecule has 2 aliphatic heterocycles. The van der Waals surface area contributed by atoms with E-state index in [1.807, 2.05) is 6.07 Å². The molecule has 0 spiro atoms. The van der Waals surface area contributed by atoms with Crippen molar-refractivity contribution in [3.05, 3.63) is 69.7 Å². The third kappa shape index (κ3) is 4.20. The second kappa shape index (κ2) is 8.61. The number of amides is 2. The van der Waals surface area contributed by atoms with E-state index < -0.39 is 27.0 Å². The van der Waals surface area contributed by atoms with Crippen molar-refractivity contribution in [1.82, 2.24) is 10.2 Å². The second-order valence-electron chi connectivity index (χ2n) is 7.91. The molecule has 164 valence electrons. The van der Waals surface area contributed by atoms with Gasteiger partial charge in [0.25, 0.3) is 0 Å². The maximum Gasteiger partial charge on any atom is 0.246 e. The molecule has 0 aromatic heterocycles. The van der Waals surface area contributed by atoms with Crippen molar-refractivity contribution < 1.29 is 18.0 Å². The second-order valence-corrected chi connectivity index (χ2v) is 10.4. The third-order valence-corrected chi connectivity index (χ3v) is 8.08. The molecule has 0 radical (unpaired) electrons. The van der Waals surface area contributed by atoms with E-state index in [1.54, 1.807) is 36.4 Å². The van der Waals surface area contributed by atoms with Crippen LogP contribution in [0.5, 0.6) is 0 Å². The van der Waals surface area contributed by atoms with E-state index in [1.165, 1.54) is 4.90 Å². The molecule has 7 nitrogen and oxygen atoms in total. The van der Waals surface area contributed by atoms with Crippen LogP contribution in [0.3, 0.4) is 0 Å². The summed E-state index contributed by atoms with van der Waals surface area (Å²) in [6.45, 7) is 0.903. The monoisotopic (exact) mass is 461 g/mol. The minimum atomic E-state index is -3.65. The fourth-order valence-corrected chi connectivity index (χ4v) is 6.53. The summed E-state index contributed by atoms with van der Waals surface area (Å²) in [4.78, 5) is 27.6. The van der Waals surface area contributed by atoms with Gasteiger partial charge in [-0.2, -0.15) is 0 Å². The van der Waals surface area contributed by atoms with Gasteiger partial charge in [-0.25, -0.2) is 8.42 Å².